The first-order valence-corrected chi connectivity index (χ1v) is 11.2. The first-order chi connectivity index (χ1) is 13.3. The van der Waals surface area contributed by atoms with Crippen LogP contribution >= 0.6 is 11.3 Å². The van der Waals surface area contributed by atoms with E-state index in [1.54, 1.807) is 28.2 Å². The van der Waals surface area contributed by atoms with Crippen LogP contribution in [0.5, 0.6) is 0 Å². The molecule has 0 bridgehead atoms. The normalized spacial score (nSPS) is 23.1. The Hall–Kier alpha value is -1.90. The molecule has 10 heteroatoms. The Kier molecular flexibility index (Phi) is 4.97. The number of alkyl halides is 3. The predicted molar refractivity (Wildman–Crippen MR) is 101 cm³/mol. The molecule has 1 aromatic carbocycles. The number of likely N-dealkylation sites (N-methyl/N-ethyl adjacent to an activating group) is 1. The molecule has 4 rings (SSSR count). The van der Waals surface area contributed by atoms with Gasteiger partial charge < -0.3 is 0 Å². The zero-order valence-electron chi connectivity index (χ0n) is 14.9. The van der Waals surface area contributed by atoms with Crippen molar-refractivity contribution in [1.82, 2.24) is 19.5 Å². The summed E-state index contributed by atoms with van der Waals surface area (Å²) in [6.07, 6.45) is -3.67. The van der Waals surface area contributed by atoms with Crippen LogP contribution in [0.1, 0.15) is 18.5 Å². The van der Waals surface area contributed by atoms with Gasteiger partial charge in [-0.3, -0.25) is 0 Å². The number of halogens is 3. The number of hydrogen-bond acceptors (Lipinski definition) is 4. The van der Waals surface area contributed by atoms with E-state index in [0.29, 0.717) is 17.2 Å². The number of benzene rings is 1. The van der Waals surface area contributed by atoms with E-state index < -0.39 is 37.8 Å². The molecule has 1 aliphatic heterocycles. The second-order valence-corrected chi connectivity index (χ2v) is 10.3. The van der Waals surface area contributed by atoms with Gasteiger partial charge in [0.1, 0.15) is 0 Å². The fourth-order valence-electron chi connectivity index (χ4n) is 3.70. The number of imidazole rings is 1. The van der Waals surface area contributed by atoms with Crippen LogP contribution in [0.4, 0.5) is 13.2 Å². The molecule has 0 radical (unpaired) electrons. The van der Waals surface area contributed by atoms with Gasteiger partial charge in [0.15, 0.2) is 0 Å². The van der Waals surface area contributed by atoms with Crippen molar-refractivity contribution in [1.29, 1.82) is 0 Å². The van der Waals surface area contributed by atoms with Crippen molar-refractivity contribution in [3.05, 3.63) is 47.7 Å². The van der Waals surface area contributed by atoms with Crippen LogP contribution in [-0.4, -0.2) is 60.1 Å². The Morgan fingerprint density at radius 1 is 1.32 bits per heavy atom. The molecule has 2 unspecified atom stereocenters. The first kappa shape index (κ1) is 19.4. The Morgan fingerprint density at radius 2 is 2.07 bits per heavy atom. The summed E-state index contributed by atoms with van der Waals surface area (Å²) in [5.74, 6) is -0.619. The molecule has 0 saturated carbocycles. The van der Waals surface area contributed by atoms with Crippen LogP contribution in [0.25, 0.3) is 4.96 Å². The summed E-state index contributed by atoms with van der Waals surface area (Å²) < 4.78 is 40.5. The van der Waals surface area contributed by atoms with Crippen LogP contribution in [0, 0.1) is 5.92 Å². The molecule has 0 aliphatic carbocycles. The molecule has 2 atom stereocenters. The summed E-state index contributed by atoms with van der Waals surface area (Å²) in [5, 5.41) is 4.30. The van der Waals surface area contributed by atoms with Crippen molar-refractivity contribution in [3.8, 4) is 0 Å². The molecule has 2 aromatic heterocycles. The summed E-state index contributed by atoms with van der Waals surface area (Å²) >= 11 is 0.911. The quantitative estimate of drug-likeness (QED) is 0.535. The number of carbonyl (C=O) groups is 1. The van der Waals surface area contributed by atoms with E-state index in [2.05, 4.69) is 10.1 Å². The topological polar surface area (TPSA) is 50.5 Å². The van der Waals surface area contributed by atoms with Crippen LogP contribution < -0.4 is 4.46 Å². The van der Waals surface area contributed by atoms with E-state index in [-0.39, 0.29) is 12.3 Å². The summed E-state index contributed by atoms with van der Waals surface area (Å²) in [5.41, 5.74) is 2.22. The molecule has 3 aromatic rings. The molecular formula is C18H17F3N4OSSe. The van der Waals surface area contributed by atoms with E-state index in [1.165, 1.54) is 11.3 Å². The zero-order valence-corrected chi connectivity index (χ0v) is 17.4. The molecule has 28 heavy (non-hydrogen) atoms. The number of amides is 1. The number of nitrogens with zero attached hydrogens (tertiary/aromatic N) is 4. The van der Waals surface area contributed by atoms with E-state index in [4.69, 9.17) is 0 Å². The third-order valence-corrected chi connectivity index (χ3v) is 8.87. The maximum absolute atomic E-state index is 13.4. The van der Waals surface area contributed by atoms with E-state index >= 15 is 0 Å². The Balaban J connectivity index is 1.85. The van der Waals surface area contributed by atoms with Crippen molar-refractivity contribution in [2.75, 3.05) is 13.6 Å². The van der Waals surface area contributed by atoms with Gasteiger partial charge in [0.25, 0.3) is 0 Å². The monoisotopic (exact) mass is 474 g/mol. The van der Waals surface area contributed by atoms with Crippen molar-refractivity contribution >= 4 is 41.6 Å². The molecule has 5 nitrogen and oxygen atoms in total. The van der Waals surface area contributed by atoms with E-state index in [1.807, 2.05) is 30.3 Å². The average Bonchev–Trinajstić information content (AvgIpc) is 3.31. The van der Waals surface area contributed by atoms with Gasteiger partial charge in [-0.05, 0) is 0 Å². The van der Waals surface area contributed by atoms with Crippen LogP contribution in [-0.2, 0) is 9.11 Å². The van der Waals surface area contributed by atoms with Crippen molar-refractivity contribution in [3.63, 3.8) is 0 Å². The summed E-state index contributed by atoms with van der Waals surface area (Å²) in [6, 6.07) is 9.50. The molecule has 1 amide bonds. The Morgan fingerprint density at radius 3 is 2.79 bits per heavy atom. The second kappa shape index (κ2) is 7.17. The van der Waals surface area contributed by atoms with E-state index in [9.17, 15) is 18.0 Å². The molecule has 1 saturated heterocycles. The van der Waals surface area contributed by atoms with Gasteiger partial charge in [-0.25, -0.2) is 0 Å². The zero-order chi connectivity index (χ0) is 19.9. The standard InChI is InChI=1S/C18H17F3N4OSSe/c1-24-10-12(7-8-17(19,20)21)18(15(24)26,28-13-5-3-2-4-6-13)14-9-22-16-25(14)23-11-27-16/h2-6,9,11-12H,7-8,10H2,1H3. The van der Waals surface area contributed by atoms with Crippen molar-refractivity contribution in [2.45, 2.75) is 23.3 Å². The number of likely N-dealkylation sites (tertiary alicyclic amines) is 1. The van der Waals surface area contributed by atoms with Crippen LogP contribution in [0.2, 0.25) is 0 Å². The Labute approximate surface area is 169 Å². The van der Waals surface area contributed by atoms with Gasteiger partial charge in [0, 0.05) is 0 Å². The molecule has 0 N–H and O–H groups in total. The predicted octanol–water partition coefficient (Wildman–Crippen LogP) is 2.45. The summed E-state index contributed by atoms with van der Waals surface area (Å²) in [6.45, 7) is 0.293. The molecular weight excluding hydrogens is 456 g/mol. The minimum absolute atomic E-state index is 0.106. The number of fused-ring (bicyclic) bond motifs is 1. The molecule has 0 spiro atoms. The number of hydrogen-bond donors (Lipinski definition) is 0. The molecule has 1 fully saturated rings. The fraction of sp³-hybridized carbons (Fsp3) is 0.389. The number of aromatic nitrogens is 3. The summed E-state index contributed by atoms with van der Waals surface area (Å²) in [4.78, 5) is 20.0. The molecule has 1 aliphatic rings. The third-order valence-electron chi connectivity index (χ3n) is 4.94. The SMILES string of the molecule is CN1CC(CCC(F)(F)F)C([Se]c2ccccc2)(c2cnc3scnn23)C1=O. The third kappa shape index (κ3) is 3.33. The van der Waals surface area contributed by atoms with Crippen LogP contribution in [0.15, 0.2) is 42.0 Å². The molecule has 3 heterocycles. The van der Waals surface area contributed by atoms with Crippen molar-refractivity contribution in [2.24, 2.45) is 5.92 Å². The molecule has 148 valence electrons. The van der Waals surface area contributed by atoms with Gasteiger partial charge in [0.05, 0.1) is 0 Å². The van der Waals surface area contributed by atoms with Gasteiger partial charge in [-0.1, -0.05) is 0 Å². The average molecular weight is 473 g/mol. The van der Waals surface area contributed by atoms with Crippen molar-refractivity contribution < 1.29 is 18.0 Å². The maximum atomic E-state index is 13.4. The van der Waals surface area contributed by atoms with Gasteiger partial charge in [0.2, 0.25) is 0 Å². The fourth-order valence-corrected chi connectivity index (χ4v) is 7.46. The minimum atomic E-state index is -4.26. The van der Waals surface area contributed by atoms with E-state index in [0.717, 1.165) is 4.46 Å². The summed E-state index contributed by atoms with van der Waals surface area (Å²) in [7, 11) is 1.66. The number of rotatable bonds is 5. The Bertz CT molecular complexity index is 990. The second-order valence-electron chi connectivity index (χ2n) is 6.76. The van der Waals surface area contributed by atoms with Gasteiger partial charge >= 0.3 is 170 Å². The van der Waals surface area contributed by atoms with Gasteiger partial charge in [-0.2, -0.15) is 0 Å². The van der Waals surface area contributed by atoms with Crippen LogP contribution in [0.3, 0.4) is 0 Å². The van der Waals surface area contributed by atoms with Gasteiger partial charge in [-0.15, -0.1) is 0 Å². The first-order valence-electron chi connectivity index (χ1n) is 8.65. The number of carbonyl (C=O) groups excluding carboxylic acids is 1.